The maximum atomic E-state index is 3.65. The molecule has 1 heteroatoms. The summed E-state index contributed by atoms with van der Waals surface area (Å²) in [7, 11) is 0. The van der Waals surface area contributed by atoms with Gasteiger partial charge >= 0.3 is 0 Å². The second kappa shape index (κ2) is 19.0. The molecule has 0 spiro atoms. The molecule has 0 atom stereocenters. The Labute approximate surface area is 261 Å². The van der Waals surface area contributed by atoms with Gasteiger partial charge in [0.15, 0.2) is 0 Å². The molecular formula is C40H34Ti-4. The molecule has 0 radical (unpaired) electrons. The van der Waals surface area contributed by atoms with Gasteiger partial charge in [-0.05, 0) is 0 Å². The van der Waals surface area contributed by atoms with Gasteiger partial charge in [-0.3, -0.25) is 0 Å². The molecule has 6 aromatic rings. The molecular weight excluding hydrogens is 528 g/mol. The number of hydrogen-bond acceptors (Lipinski definition) is 0. The van der Waals surface area contributed by atoms with Crippen molar-refractivity contribution in [2.75, 3.05) is 0 Å². The van der Waals surface area contributed by atoms with Gasteiger partial charge in [-0.1, -0.05) is 85.6 Å². The van der Waals surface area contributed by atoms with Crippen molar-refractivity contribution in [2.45, 2.75) is 12.8 Å². The van der Waals surface area contributed by atoms with E-state index < -0.39 is 0 Å². The summed E-state index contributed by atoms with van der Waals surface area (Å²) in [5.74, 6) is 0. The monoisotopic (exact) mass is 562 g/mol. The van der Waals surface area contributed by atoms with Crippen molar-refractivity contribution in [2.24, 2.45) is 0 Å². The number of rotatable bonds is 7. The molecule has 0 fully saturated rings. The minimum atomic E-state index is 0. The predicted octanol–water partition coefficient (Wildman–Crippen LogP) is 10.4. The Kier molecular flexibility index (Phi) is 14.5. The first kappa shape index (κ1) is 31.3. The van der Waals surface area contributed by atoms with Crippen LogP contribution in [0.1, 0.15) is 35.1 Å². The van der Waals surface area contributed by atoms with Gasteiger partial charge in [-0.25, -0.2) is 36.4 Å². The summed E-state index contributed by atoms with van der Waals surface area (Å²) in [5.41, 5.74) is 7.08. The third kappa shape index (κ3) is 11.0. The van der Waals surface area contributed by atoms with Gasteiger partial charge in [-0.2, -0.15) is 47.5 Å². The average molecular weight is 563 g/mol. The topological polar surface area (TPSA) is 0 Å². The summed E-state index contributed by atoms with van der Waals surface area (Å²) in [4.78, 5) is 0. The quantitative estimate of drug-likeness (QED) is 0.103. The van der Waals surface area contributed by atoms with E-state index in [1.165, 1.54) is 22.3 Å². The molecule has 6 aromatic carbocycles. The van der Waals surface area contributed by atoms with Gasteiger partial charge in [0.05, 0.1) is 0 Å². The van der Waals surface area contributed by atoms with E-state index in [1.54, 1.807) is 0 Å². The van der Waals surface area contributed by atoms with Gasteiger partial charge in [0.1, 0.15) is 0 Å². The van der Waals surface area contributed by atoms with Crippen molar-refractivity contribution >= 4 is 11.1 Å². The summed E-state index contributed by atoms with van der Waals surface area (Å²) in [6.45, 7) is 0. The summed E-state index contributed by atoms with van der Waals surface area (Å²) in [5, 5.41) is 0. The maximum absolute atomic E-state index is 3.65. The summed E-state index contributed by atoms with van der Waals surface area (Å²) in [6, 6.07) is 62.0. The van der Waals surface area contributed by atoms with Crippen LogP contribution in [0.3, 0.4) is 0 Å². The first-order valence-electron chi connectivity index (χ1n) is 13.7. The van der Waals surface area contributed by atoms with Crippen molar-refractivity contribution in [1.29, 1.82) is 0 Å². The Balaban J connectivity index is 0.000000352. The normalized spacial score (nSPS) is 9.46. The van der Waals surface area contributed by atoms with Gasteiger partial charge in [0.2, 0.25) is 0 Å². The number of unbranched alkanes of at least 4 members (excludes halogenated alkanes) is 1. The fourth-order valence-electron chi connectivity index (χ4n) is 4.18. The van der Waals surface area contributed by atoms with Crippen LogP contribution in [-0.2, 0) is 21.7 Å². The van der Waals surface area contributed by atoms with Crippen molar-refractivity contribution in [3.63, 3.8) is 0 Å². The molecule has 0 N–H and O–H groups in total. The first-order chi connectivity index (χ1) is 19.9. The molecule has 0 nitrogen and oxygen atoms in total. The van der Waals surface area contributed by atoms with Crippen molar-refractivity contribution in [1.82, 2.24) is 0 Å². The van der Waals surface area contributed by atoms with Crippen LogP contribution in [0, 0.1) is 12.2 Å². The number of benzene rings is 4. The van der Waals surface area contributed by atoms with Gasteiger partial charge in [0.25, 0.3) is 0 Å². The summed E-state index contributed by atoms with van der Waals surface area (Å²) in [6.07, 6.45) is 8.92. The Bertz CT molecular complexity index is 1240. The van der Waals surface area contributed by atoms with E-state index in [1.807, 2.05) is 60.7 Å². The first-order valence-corrected chi connectivity index (χ1v) is 13.7. The molecule has 0 aromatic heterocycles. The van der Waals surface area contributed by atoms with E-state index in [4.69, 9.17) is 0 Å². The van der Waals surface area contributed by atoms with Crippen LogP contribution in [0.4, 0.5) is 0 Å². The number of hydrogen-bond donors (Lipinski definition) is 0. The van der Waals surface area contributed by atoms with E-state index in [2.05, 4.69) is 133 Å². The SMILES string of the molecule is [C-](CC[C-]=C(c1ccccc1)c1ccccc1)=C(c1ccccc1)c1ccccc1.[Ti].c1cc[cH-]c1.c1cc[cH-]c1. The van der Waals surface area contributed by atoms with E-state index in [0.717, 1.165) is 24.0 Å². The molecule has 41 heavy (non-hydrogen) atoms. The molecule has 6 rings (SSSR count). The predicted molar refractivity (Wildman–Crippen MR) is 171 cm³/mol. The van der Waals surface area contributed by atoms with Crippen LogP contribution in [0.5, 0.6) is 0 Å². The van der Waals surface area contributed by atoms with Crippen LogP contribution >= 0.6 is 0 Å². The minimum absolute atomic E-state index is 0. The molecule has 0 aliphatic rings. The molecule has 0 saturated heterocycles. The Morgan fingerprint density at radius 3 is 0.805 bits per heavy atom. The van der Waals surface area contributed by atoms with Crippen LogP contribution in [-0.4, -0.2) is 0 Å². The molecule has 0 aliphatic heterocycles. The molecule has 0 aliphatic carbocycles. The van der Waals surface area contributed by atoms with E-state index in [0.29, 0.717) is 0 Å². The summed E-state index contributed by atoms with van der Waals surface area (Å²) < 4.78 is 0. The molecule has 0 amide bonds. The van der Waals surface area contributed by atoms with Crippen LogP contribution < -0.4 is 0 Å². The van der Waals surface area contributed by atoms with E-state index in [-0.39, 0.29) is 21.7 Å². The Hall–Kier alpha value is -4.23. The van der Waals surface area contributed by atoms with Gasteiger partial charge in [-0.15, -0.1) is 70.8 Å². The number of allylic oxidation sites excluding steroid dienone is 2. The molecule has 0 unspecified atom stereocenters. The smallest absolute Gasteiger partial charge is 0 e. The van der Waals surface area contributed by atoms with Crippen LogP contribution in [0.2, 0.25) is 0 Å². The maximum Gasteiger partial charge on any atom is 0 e. The zero-order valence-electron chi connectivity index (χ0n) is 23.2. The molecule has 202 valence electrons. The molecule has 0 heterocycles. The standard InChI is InChI=1S/C30H24.2C5H5.Ti/c1-5-15-25(16-6-1)29(26-17-7-2-8-18-26)23-13-14-24-30(27-19-9-3-10-20-27)28-21-11-4-12-22-28;2*1-2-4-5-3-1;/h1-12,15-22H,13-14H2;2*1-5H;/q-2;2*-1;. The van der Waals surface area contributed by atoms with Gasteiger partial charge < -0.3 is 0 Å². The van der Waals surface area contributed by atoms with Crippen molar-refractivity contribution in [3.8, 4) is 0 Å². The van der Waals surface area contributed by atoms with Crippen LogP contribution in [0.25, 0.3) is 11.1 Å². The van der Waals surface area contributed by atoms with E-state index in [9.17, 15) is 0 Å². The summed E-state index contributed by atoms with van der Waals surface area (Å²) >= 11 is 0. The third-order valence-corrected chi connectivity index (χ3v) is 6.09. The van der Waals surface area contributed by atoms with Gasteiger partial charge in [0, 0.05) is 21.7 Å². The van der Waals surface area contributed by atoms with Crippen LogP contribution in [0.15, 0.2) is 182 Å². The fourth-order valence-corrected chi connectivity index (χ4v) is 4.18. The van der Waals surface area contributed by atoms with Crippen molar-refractivity contribution < 1.29 is 21.7 Å². The Morgan fingerprint density at radius 2 is 0.610 bits per heavy atom. The second-order valence-electron chi connectivity index (χ2n) is 8.99. The third-order valence-electron chi connectivity index (χ3n) is 6.09. The zero-order chi connectivity index (χ0) is 27.5. The fraction of sp³-hybridized carbons (Fsp3) is 0.0500. The van der Waals surface area contributed by atoms with Crippen molar-refractivity contribution in [3.05, 3.63) is 216 Å². The Morgan fingerprint density at radius 1 is 0.366 bits per heavy atom. The van der Waals surface area contributed by atoms with E-state index >= 15 is 0 Å². The average Bonchev–Trinajstić information content (AvgIpc) is 3.81. The molecule has 0 saturated carbocycles. The minimum Gasteiger partial charge on any atom is -0.214 e. The zero-order valence-corrected chi connectivity index (χ0v) is 24.8. The second-order valence-corrected chi connectivity index (χ2v) is 8.99. The largest absolute Gasteiger partial charge is 0.214 e. The molecule has 0 bridgehead atoms.